The molecule has 4 rings (SSSR count). The molecule has 1 amide bonds. The minimum atomic E-state index is -0.317. The van der Waals surface area contributed by atoms with Gasteiger partial charge in [0.1, 0.15) is 6.04 Å². The number of aromatic nitrogens is 2. The van der Waals surface area contributed by atoms with E-state index in [-0.39, 0.29) is 11.9 Å². The summed E-state index contributed by atoms with van der Waals surface area (Å²) in [5, 5.41) is 8.80. The number of carbonyl (C=O) groups excluding carboxylic acids is 1. The number of thiophene rings is 1. The molecule has 0 aliphatic carbocycles. The van der Waals surface area contributed by atoms with Crippen LogP contribution in [0.1, 0.15) is 16.8 Å². The molecule has 1 atom stereocenters. The fraction of sp³-hybridized carbons (Fsp3) is 0.267. The molecule has 0 saturated carbocycles. The first-order valence-corrected chi connectivity index (χ1v) is 8.11. The average molecular weight is 330 g/mol. The van der Waals surface area contributed by atoms with Crippen molar-refractivity contribution in [2.24, 2.45) is 0 Å². The van der Waals surface area contributed by atoms with Gasteiger partial charge in [-0.15, -0.1) is 11.3 Å². The quantitative estimate of drug-likeness (QED) is 0.788. The van der Waals surface area contributed by atoms with Gasteiger partial charge in [0.05, 0.1) is 12.8 Å². The van der Waals surface area contributed by atoms with Gasteiger partial charge in [-0.25, -0.2) is 0 Å². The van der Waals surface area contributed by atoms with Gasteiger partial charge in [0.25, 0.3) is 0 Å². The van der Waals surface area contributed by atoms with E-state index in [2.05, 4.69) is 15.5 Å². The smallest absolute Gasteiger partial charge is 0.242 e. The van der Waals surface area contributed by atoms with Crippen LogP contribution in [0.4, 0.5) is 0 Å². The Hall–Kier alpha value is -2.45. The monoisotopic (exact) mass is 330 g/mol. The van der Waals surface area contributed by atoms with E-state index in [4.69, 9.17) is 8.94 Å². The zero-order valence-electron chi connectivity index (χ0n) is 12.1. The van der Waals surface area contributed by atoms with E-state index in [0.29, 0.717) is 30.6 Å². The largest absolute Gasteiger partial charge is 0.461 e. The summed E-state index contributed by atoms with van der Waals surface area (Å²) >= 11 is 1.57. The van der Waals surface area contributed by atoms with Crippen molar-refractivity contribution in [3.05, 3.63) is 46.7 Å². The van der Waals surface area contributed by atoms with Gasteiger partial charge in [-0.05, 0) is 23.6 Å². The van der Waals surface area contributed by atoms with Gasteiger partial charge in [0.15, 0.2) is 5.76 Å². The van der Waals surface area contributed by atoms with Gasteiger partial charge in [0, 0.05) is 18.0 Å². The molecule has 1 aliphatic rings. The first kappa shape index (κ1) is 14.2. The van der Waals surface area contributed by atoms with Crippen molar-refractivity contribution in [1.82, 2.24) is 20.4 Å². The summed E-state index contributed by atoms with van der Waals surface area (Å²) in [6, 6.07) is 7.14. The summed E-state index contributed by atoms with van der Waals surface area (Å²) < 4.78 is 10.6. The van der Waals surface area contributed by atoms with Gasteiger partial charge < -0.3 is 14.3 Å². The van der Waals surface area contributed by atoms with Crippen molar-refractivity contribution in [2.75, 3.05) is 13.1 Å². The first-order valence-electron chi connectivity index (χ1n) is 7.23. The molecule has 4 heterocycles. The summed E-state index contributed by atoms with van der Waals surface area (Å²) in [6.45, 7) is 1.76. The van der Waals surface area contributed by atoms with Crippen molar-refractivity contribution >= 4 is 17.2 Å². The molecule has 7 nitrogen and oxygen atoms in total. The van der Waals surface area contributed by atoms with Crippen molar-refractivity contribution in [2.45, 2.75) is 12.6 Å². The molecule has 0 spiro atoms. The minimum absolute atomic E-state index is 0.00414. The first-order chi connectivity index (χ1) is 11.3. The minimum Gasteiger partial charge on any atom is -0.461 e. The Kier molecular flexibility index (Phi) is 3.68. The van der Waals surface area contributed by atoms with Crippen LogP contribution >= 0.6 is 11.3 Å². The number of piperazine rings is 1. The molecule has 1 saturated heterocycles. The topological polar surface area (TPSA) is 84.4 Å². The Bertz CT molecular complexity index is 782. The second-order valence-corrected chi connectivity index (χ2v) is 6.15. The highest BCUT2D eigenvalue weighted by molar-refractivity contribution is 7.10. The van der Waals surface area contributed by atoms with Crippen LogP contribution in [0.3, 0.4) is 0 Å². The lowest BCUT2D eigenvalue weighted by atomic mass is 10.1. The van der Waals surface area contributed by atoms with Crippen LogP contribution in [0.5, 0.6) is 0 Å². The lowest BCUT2D eigenvalue weighted by Crippen LogP contribution is -2.49. The predicted molar refractivity (Wildman–Crippen MR) is 82.5 cm³/mol. The van der Waals surface area contributed by atoms with Gasteiger partial charge in [-0.1, -0.05) is 11.2 Å². The van der Waals surface area contributed by atoms with Gasteiger partial charge in [-0.2, -0.15) is 4.98 Å². The number of nitrogens with zero attached hydrogens (tertiary/aromatic N) is 3. The predicted octanol–water partition coefficient (Wildman–Crippen LogP) is 2.06. The fourth-order valence-electron chi connectivity index (χ4n) is 2.64. The Balaban J connectivity index is 1.56. The molecule has 1 fully saturated rings. The van der Waals surface area contributed by atoms with Gasteiger partial charge in [-0.3, -0.25) is 9.69 Å². The van der Waals surface area contributed by atoms with Crippen molar-refractivity contribution in [3.63, 3.8) is 0 Å². The molecule has 0 radical (unpaired) electrons. The molecule has 23 heavy (non-hydrogen) atoms. The van der Waals surface area contributed by atoms with Crippen LogP contribution in [0.15, 0.2) is 44.8 Å². The van der Waals surface area contributed by atoms with E-state index in [0.717, 1.165) is 11.4 Å². The fourth-order valence-corrected chi connectivity index (χ4v) is 3.50. The summed E-state index contributed by atoms with van der Waals surface area (Å²) in [5.74, 6) is 1.45. The standard InChI is InChI=1S/C15H14N4O3S/c20-15-13(11-4-2-8-23-11)19(6-5-16-15)9-12-17-14(18-22-12)10-3-1-7-21-10/h1-4,7-8,13H,5-6,9H2,(H,16,20)/t13-/m1/s1. The lowest BCUT2D eigenvalue weighted by Gasteiger charge is -2.33. The molecule has 0 bridgehead atoms. The number of nitrogens with one attached hydrogen (secondary N) is 1. The van der Waals surface area contributed by atoms with Crippen LogP contribution in [0, 0.1) is 0 Å². The van der Waals surface area contributed by atoms with Gasteiger partial charge in [0.2, 0.25) is 17.6 Å². The number of rotatable bonds is 4. The normalized spacial score (nSPS) is 19.0. The third kappa shape index (κ3) is 2.78. The summed E-state index contributed by atoms with van der Waals surface area (Å²) in [5.41, 5.74) is 0. The summed E-state index contributed by atoms with van der Waals surface area (Å²) in [4.78, 5) is 19.7. The van der Waals surface area contributed by atoms with E-state index in [1.165, 1.54) is 0 Å². The molecule has 3 aromatic heterocycles. The molecule has 0 unspecified atom stereocenters. The Morgan fingerprint density at radius 1 is 1.39 bits per heavy atom. The maximum absolute atomic E-state index is 12.3. The third-order valence-corrected chi connectivity index (χ3v) is 4.60. The van der Waals surface area contributed by atoms with Gasteiger partial charge >= 0.3 is 0 Å². The highest BCUT2D eigenvalue weighted by Crippen LogP contribution is 2.28. The van der Waals surface area contributed by atoms with Crippen molar-refractivity contribution < 1.29 is 13.7 Å². The van der Waals surface area contributed by atoms with Crippen LogP contribution < -0.4 is 5.32 Å². The highest BCUT2D eigenvalue weighted by Gasteiger charge is 2.33. The molecule has 0 aromatic carbocycles. The Labute approximate surface area is 135 Å². The number of amides is 1. The maximum atomic E-state index is 12.3. The third-order valence-electron chi connectivity index (χ3n) is 3.67. The second kappa shape index (κ2) is 5.98. The number of carbonyl (C=O) groups is 1. The molecule has 118 valence electrons. The zero-order chi connectivity index (χ0) is 15.6. The highest BCUT2D eigenvalue weighted by atomic mass is 32.1. The van der Waals surface area contributed by atoms with E-state index in [1.807, 2.05) is 22.4 Å². The molecular weight excluding hydrogens is 316 g/mol. The number of hydrogen-bond donors (Lipinski definition) is 1. The second-order valence-electron chi connectivity index (χ2n) is 5.17. The molecule has 8 heteroatoms. The van der Waals surface area contributed by atoms with Crippen LogP contribution in [-0.2, 0) is 11.3 Å². The van der Waals surface area contributed by atoms with Crippen molar-refractivity contribution in [1.29, 1.82) is 0 Å². The molecule has 1 N–H and O–H groups in total. The van der Waals surface area contributed by atoms with E-state index < -0.39 is 0 Å². The van der Waals surface area contributed by atoms with Crippen LogP contribution in [0.25, 0.3) is 11.6 Å². The van der Waals surface area contributed by atoms with E-state index in [1.54, 1.807) is 29.7 Å². The van der Waals surface area contributed by atoms with E-state index >= 15 is 0 Å². The summed E-state index contributed by atoms with van der Waals surface area (Å²) in [7, 11) is 0. The van der Waals surface area contributed by atoms with Crippen LogP contribution in [-0.4, -0.2) is 34.0 Å². The Morgan fingerprint density at radius 3 is 3.13 bits per heavy atom. The lowest BCUT2D eigenvalue weighted by molar-refractivity contribution is -0.129. The maximum Gasteiger partial charge on any atom is 0.242 e. The Morgan fingerprint density at radius 2 is 2.35 bits per heavy atom. The average Bonchev–Trinajstić information content (AvgIpc) is 3.30. The summed E-state index contributed by atoms with van der Waals surface area (Å²) in [6.07, 6.45) is 1.56. The molecule has 3 aromatic rings. The van der Waals surface area contributed by atoms with Crippen LogP contribution in [0.2, 0.25) is 0 Å². The zero-order valence-corrected chi connectivity index (χ0v) is 13.0. The molecule has 1 aliphatic heterocycles. The molecular formula is C15H14N4O3S. The van der Waals surface area contributed by atoms with E-state index in [9.17, 15) is 4.79 Å². The van der Waals surface area contributed by atoms with Crippen molar-refractivity contribution in [3.8, 4) is 11.6 Å². The number of furan rings is 1. The SMILES string of the molecule is O=C1NCCN(Cc2nc(-c3ccco3)no2)[C@@H]1c1cccs1. The number of hydrogen-bond acceptors (Lipinski definition) is 7.